The van der Waals surface area contributed by atoms with E-state index in [0.717, 1.165) is 0 Å². The number of aliphatic imine (C=N–C) groups is 1. The third kappa shape index (κ3) is 6.74. The van der Waals surface area contributed by atoms with E-state index < -0.39 is 5.91 Å². The SMILES string of the molecule is CC(N)=C(C=Nc1ccc(F)cc1)C(=O)Nc1ccc(OCC(C)(C)C)c(C#N)c1. The summed E-state index contributed by atoms with van der Waals surface area (Å²) in [6.07, 6.45) is 1.32. The number of nitriles is 1. The number of anilines is 1. The summed E-state index contributed by atoms with van der Waals surface area (Å²) in [6.45, 7) is 8.13. The molecular formula is C23H25FN4O2. The normalized spacial score (nSPS) is 12.3. The maximum Gasteiger partial charge on any atom is 0.258 e. The third-order valence-electron chi connectivity index (χ3n) is 3.86. The molecule has 0 bridgehead atoms. The minimum absolute atomic E-state index is 0.0538. The minimum atomic E-state index is -0.479. The maximum atomic E-state index is 13.0. The van der Waals surface area contributed by atoms with Crippen molar-refractivity contribution in [2.45, 2.75) is 27.7 Å². The van der Waals surface area contributed by atoms with Gasteiger partial charge in [-0.2, -0.15) is 5.26 Å². The first-order valence-corrected chi connectivity index (χ1v) is 9.33. The van der Waals surface area contributed by atoms with E-state index in [1.54, 1.807) is 19.1 Å². The molecule has 0 aliphatic carbocycles. The number of nitrogens with zero attached hydrogens (tertiary/aromatic N) is 2. The first kappa shape index (κ1) is 22.6. The Morgan fingerprint density at radius 3 is 2.50 bits per heavy atom. The zero-order valence-electron chi connectivity index (χ0n) is 17.5. The fourth-order valence-corrected chi connectivity index (χ4v) is 2.32. The van der Waals surface area contributed by atoms with Gasteiger partial charge in [-0.25, -0.2) is 4.39 Å². The number of nitrogens with one attached hydrogen (secondary N) is 1. The monoisotopic (exact) mass is 408 g/mol. The molecule has 0 aromatic heterocycles. The van der Waals surface area contributed by atoms with Crippen LogP contribution in [0.25, 0.3) is 0 Å². The van der Waals surface area contributed by atoms with E-state index in [0.29, 0.717) is 29.3 Å². The van der Waals surface area contributed by atoms with Gasteiger partial charge in [0.2, 0.25) is 0 Å². The highest BCUT2D eigenvalue weighted by atomic mass is 19.1. The van der Waals surface area contributed by atoms with Crippen LogP contribution in [0, 0.1) is 22.6 Å². The molecule has 0 radical (unpaired) electrons. The van der Waals surface area contributed by atoms with Crippen LogP contribution in [0.2, 0.25) is 0 Å². The molecule has 6 nitrogen and oxygen atoms in total. The standard InChI is InChI=1S/C23H25FN4O2/c1-15(26)20(13-27-18-7-5-17(24)6-8-18)22(29)28-19-9-10-21(16(11-19)12-25)30-14-23(2,3)4/h5-11,13H,14,26H2,1-4H3,(H,28,29). The van der Waals surface area contributed by atoms with Crippen LogP contribution in [0.4, 0.5) is 15.8 Å². The van der Waals surface area contributed by atoms with Crippen LogP contribution in [0.15, 0.2) is 58.7 Å². The zero-order chi connectivity index (χ0) is 22.3. The van der Waals surface area contributed by atoms with Crippen molar-refractivity contribution in [2.24, 2.45) is 16.1 Å². The fourth-order valence-electron chi connectivity index (χ4n) is 2.32. The van der Waals surface area contributed by atoms with Crippen molar-refractivity contribution < 1.29 is 13.9 Å². The number of amides is 1. The van der Waals surface area contributed by atoms with Crippen molar-refractivity contribution in [1.29, 1.82) is 5.26 Å². The molecule has 0 heterocycles. The number of halogens is 1. The second kappa shape index (κ2) is 9.70. The largest absolute Gasteiger partial charge is 0.492 e. The Balaban J connectivity index is 2.17. The molecule has 3 N–H and O–H groups in total. The van der Waals surface area contributed by atoms with E-state index in [4.69, 9.17) is 10.5 Å². The van der Waals surface area contributed by atoms with E-state index in [9.17, 15) is 14.4 Å². The number of rotatable bonds is 6. The van der Waals surface area contributed by atoms with Crippen LogP contribution in [0.5, 0.6) is 5.75 Å². The van der Waals surface area contributed by atoms with Crippen LogP contribution >= 0.6 is 0 Å². The van der Waals surface area contributed by atoms with Crippen molar-refractivity contribution in [3.05, 3.63) is 65.1 Å². The Morgan fingerprint density at radius 2 is 1.93 bits per heavy atom. The summed E-state index contributed by atoms with van der Waals surface area (Å²) in [6, 6.07) is 12.4. The summed E-state index contributed by atoms with van der Waals surface area (Å²) in [4.78, 5) is 16.8. The summed E-state index contributed by atoms with van der Waals surface area (Å²) >= 11 is 0. The molecule has 30 heavy (non-hydrogen) atoms. The van der Waals surface area contributed by atoms with Crippen LogP contribution in [0.1, 0.15) is 33.3 Å². The second-order valence-electron chi connectivity index (χ2n) is 7.96. The molecule has 0 spiro atoms. The predicted octanol–water partition coefficient (Wildman–Crippen LogP) is 4.70. The summed E-state index contributed by atoms with van der Waals surface area (Å²) in [5.74, 6) is -0.400. The number of benzene rings is 2. The van der Waals surface area contributed by atoms with E-state index >= 15 is 0 Å². The zero-order valence-corrected chi connectivity index (χ0v) is 17.5. The first-order valence-electron chi connectivity index (χ1n) is 9.33. The first-order chi connectivity index (χ1) is 14.1. The molecule has 0 fully saturated rings. The minimum Gasteiger partial charge on any atom is -0.492 e. The molecular weight excluding hydrogens is 383 g/mol. The lowest BCUT2D eigenvalue weighted by Crippen LogP contribution is -2.19. The average Bonchev–Trinajstić information content (AvgIpc) is 2.67. The summed E-state index contributed by atoms with van der Waals surface area (Å²) in [5, 5.41) is 12.1. The molecule has 7 heteroatoms. The van der Waals surface area contributed by atoms with Crippen LogP contribution < -0.4 is 15.8 Å². The number of carbonyl (C=O) groups is 1. The number of hydrogen-bond acceptors (Lipinski definition) is 5. The number of allylic oxidation sites excluding steroid dienone is 1. The smallest absolute Gasteiger partial charge is 0.258 e. The average molecular weight is 408 g/mol. The highest BCUT2D eigenvalue weighted by Gasteiger charge is 2.15. The van der Waals surface area contributed by atoms with Crippen LogP contribution in [0.3, 0.4) is 0 Å². The molecule has 0 saturated carbocycles. The Bertz CT molecular complexity index is 1010. The molecule has 1 amide bonds. The highest BCUT2D eigenvalue weighted by Crippen LogP contribution is 2.25. The quantitative estimate of drug-likeness (QED) is 0.534. The van der Waals surface area contributed by atoms with E-state index in [2.05, 4.69) is 16.4 Å². The lowest BCUT2D eigenvalue weighted by Gasteiger charge is -2.19. The van der Waals surface area contributed by atoms with Gasteiger partial charge in [0.15, 0.2) is 0 Å². The van der Waals surface area contributed by atoms with Gasteiger partial charge >= 0.3 is 0 Å². The molecule has 0 saturated heterocycles. The molecule has 0 aliphatic rings. The molecule has 2 aromatic rings. The van der Waals surface area contributed by atoms with E-state index in [1.165, 1.54) is 36.5 Å². The number of hydrogen-bond donors (Lipinski definition) is 2. The Morgan fingerprint density at radius 1 is 1.27 bits per heavy atom. The highest BCUT2D eigenvalue weighted by molar-refractivity contribution is 6.18. The van der Waals surface area contributed by atoms with Gasteiger partial charge in [-0.15, -0.1) is 0 Å². The van der Waals surface area contributed by atoms with Crippen LogP contribution in [-0.4, -0.2) is 18.7 Å². The number of ether oxygens (including phenoxy) is 1. The molecule has 0 unspecified atom stereocenters. The molecule has 2 aromatic carbocycles. The lowest BCUT2D eigenvalue weighted by molar-refractivity contribution is -0.112. The van der Waals surface area contributed by atoms with Crippen molar-refractivity contribution in [2.75, 3.05) is 11.9 Å². The molecule has 0 aliphatic heterocycles. The topological polar surface area (TPSA) is 100 Å². The number of nitrogens with two attached hydrogens (primary N) is 1. The third-order valence-corrected chi connectivity index (χ3v) is 3.86. The van der Waals surface area contributed by atoms with Crippen molar-refractivity contribution in [1.82, 2.24) is 0 Å². The summed E-state index contributed by atoms with van der Waals surface area (Å²) in [5.41, 5.74) is 7.43. The Labute approximate surface area is 175 Å². The van der Waals surface area contributed by atoms with E-state index in [1.807, 2.05) is 20.8 Å². The Kier molecular flexibility index (Phi) is 7.32. The van der Waals surface area contributed by atoms with Gasteiger partial charge in [0.05, 0.1) is 23.4 Å². The Hall–Kier alpha value is -3.66. The van der Waals surface area contributed by atoms with Crippen molar-refractivity contribution >= 4 is 23.5 Å². The van der Waals surface area contributed by atoms with E-state index in [-0.39, 0.29) is 22.5 Å². The van der Waals surface area contributed by atoms with Gasteiger partial charge in [0, 0.05) is 17.6 Å². The summed E-state index contributed by atoms with van der Waals surface area (Å²) in [7, 11) is 0. The van der Waals surface area contributed by atoms with Gasteiger partial charge in [-0.3, -0.25) is 9.79 Å². The fraction of sp³-hybridized carbons (Fsp3) is 0.261. The summed E-state index contributed by atoms with van der Waals surface area (Å²) < 4.78 is 18.7. The van der Waals surface area contributed by atoms with Gasteiger partial charge in [-0.05, 0) is 54.8 Å². The van der Waals surface area contributed by atoms with Gasteiger partial charge in [0.25, 0.3) is 5.91 Å². The second-order valence-corrected chi connectivity index (χ2v) is 7.96. The molecule has 2 rings (SSSR count). The maximum absolute atomic E-state index is 13.0. The molecule has 0 atom stereocenters. The van der Waals surface area contributed by atoms with Crippen molar-refractivity contribution in [3.8, 4) is 11.8 Å². The van der Waals surface area contributed by atoms with Crippen molar-refractivity contribution in [3.63, 3.8) is 0 Å². The van der Waals surface area contributed by atoms with Gasteiger partial charge in [0.1, 0.15) is 17.6 Å². The van der Waals surface area contributed by atoms with Gasteiger partial charge < -0.3 is 15.8 Å². The molecule has 156 valence electrons. The number of carbonyl (C=O) groups excluding carboxylic acids is 1. The van der Waals surface area contributed by atoms with Gasteiger partial charge in [-0.1, -0.05) is 20.8 Å². The van der Waals surface area contributed by atoms with Crippen LogP contribution in [-0.2, 0) is 4.79 Å². The lowest BCUT2D eigenvalue weighted by atomic mass is 9.98. The predicted molar refractivity (Wildman–Crippen MR) is 116 cm³/mol.